The predicted octanol–water partition coefficient (Wildman–Crippen LogP) is 2.35. The van der Waals surface area contributed by atoms with E-state index in [1.807, 2.05) is 0 Å². The summed E-state index contributed by atoms with van der Waals surface area (Å²) >= 11 is 0. The highest BCUT2D eigenvalue weighted by Crippen LogP contribution is 2.30. The molecule has 2 aliphatic heterocycles. The quantitative estimate of drug-likeness (QED) is 0.791. The van der Waals surface area contributed by atoms with Gasteiger partial charge in [0.15, 0.2) is 0 Å². The van der Waals surface area contributed by atoms with Gasteiger partial charge in [-0.2, -0.15) is 0 Å². The molecule has 0 aromatic carbocycles. The molecule has 94 valence electrons. The van der Waals surface area contributed by atoms with Gasteiger partial charge in [-0.15, -0.1) is 0 Å². The van der Waals surface area contributed by atoms with Crippen LogP contribution in [0.4, 0.5) is 0 Å². The van der Waals surface area contributed by atoms with E-state index in [2.05, 4.69) is 24.2 Å². The van der Waals surface area contributed by atoms with Crippen LogP contribution in [0.25, 0.3) is 0 Å². The highest BCUT2D eigenvalue weighted by Gasteiger charge is 2.24. The zero-order chi connectivity index (χ0) is 11.4. The monoisotopic (exact) mass is 224 g/mol. The maximum Gasteiger partial charge on any atom is 0.000672 e. The van der Waals surface area contributed by atoms with Gasteiger partial charge in [0.25, 0.3) is 0 Å². The van der Waals surface area contributed by atoms with Crippen molar-refractivity contribution in [2.45, 2.75) is 39.0 Å². The molecule has 0 saturated carbocycles. The second-order valence-electron chi connectivity index (χ2n) is 6.07. The first kappa shape index (κ1) is 12.4. The summed E-state index contributed by atoms with van der Waals surface area (Å²) in [4.78, 5) is 2.52. The van der Waals surface area contributed by atoms with E-state index in [4.69, 9.17) is 0 Å². The lowest BCUT2D eigenvalue weighted by atomic mass is 9.79. The Morgan fingerprint density at radius 1 is 1.25 bits per heavy atom. The van der Waals surface area contributed by atoms with Crippen molar-refractivity contribution in [3.8, 4) is 0 Å². The molecule has 2 atom stereocenters. The molecule has 0 aromatic heterocycles. The van der Waals surface area contributed by atoms with Crippen LogP contribution in [0.3, 0.4) is 0 Å². The van der Waals surface area contributed by atoms with Crippen molar-refractivity contribution < 1.29 is 0 Å². The van der Waals surface area contributed by atoms with E-state index < -0.39 is 0 Å². The lowest BCUT2D eigenvalue weighted by molar-refractivity contribution is 0.160. The molecule has 2 aliphatic rings. The fourth-order valence-electron chi connectivity index (χ4n) is 3.60. The van der Waals surface area contributed by atoms with Crippen LogP contribution in [0.1, 0.15) is 39.0 Å². The van der Waals surface area contributed by atoms with E-state index in [1.54, 1.807) is 0 Å². The molecule has 2 rings (SSSR count). The summed E-state index contributed by atoms with van der Waals surface area (Å²) in [5.41, 5.74) is 0. The summed E-state index contributed by atoms with van der Waals surface area (Å²) in [5, 5.41) is 3.47. The van der Waals surface area contributed by atoms with Gasteiger partial charge in [-0.25, -0.2) is 0 Å². The van der Waals surface area contributed by atoms with Gasteiger partial charge in [-0.3, -0.25) is 0 Å². The molecule has 2 unspecified atom stereocenters. The van der Waals surface area contributed by atoms with Gasteiger partial charge in [-0.1, -0.05) is 6.92 Å². The van der Waals surface area contributed by atoms with Crippen molar-refractivity contribution in [3.05, 3.63) is 0 Å². The first-order valence-corrected chi connectivity index (χ1v) is 7.15. The zero-order valence-corrected chi connectivity index (χ0v) is 11.0. The van der Waals surface area contributed by atoms with Crippen LogP contribution in [0.15, 0.2) is 0 Å². The molecule has 2 heteroatoms. The van der Waals surface area contributed by atoms with Gasteiger partial charge < -0.3 is 10.2 Å². The van der Waals surface area contributed by atoms with Gasteiger partial charge in [0, 0.05) is 6.54 Å². The first-order valence-electron chi connectivity index (χ1n) is 7.15. The SMILES string of the molecule is CC(CC1CCCN(C)C1)C1CCNCC1. The Labute approximate surface area is 101 Å². The number of hydrogen-bond acceptors (Lipinski definition) is 2. The third-order valence-electron chi connectivity index (χ3n) is 4.62. The van der Waals surface area contributed by atoms with Gasteiger partial charge in [-0.05, 0) is 76.5 Å². The lowest BCUT2D eigenvalue weighted by Gasteiger charge is -2.34. The smallest absolute Gasteiger partial charge is 0.000672 e. The number of nitrogens with one attached hydrogen (secondary N) is 1. The van der Waals surface area contributed by atoms with Crippen molar-refractivity contribution in [1.82, 2.24) is 10.2 Å². The molecule has 2 heterocycles. The van der Waals surface area contributed by atoms with Gasteiger partial charge in [0.2, 0.25) is 0 Å². The average molecular weight is 224 g/mol. The van der Waals surface area contributed by atoms with E-state index in [9.17, 15) is 0 Å². The van der Waals surface area contributed by atoms with E-state index in [-0.39, 0.29) is 0 Å². The molecule has 0 aliphatic carbocycles. The van der Waals surface area contributed by atoms with E-state index in [1.165, 1.54) is 58.3 Å². The summed E-state index contributed by atoms with van der Waals surface area (Å²) in [5.74, 6) is 2.91. The molecule has 16 heavy (non-hydrogen) atoms. The molecule has 2 fully saturated rings. The van der Waals surface area contributed by atoms with Crippen molar-refractivity contribution >= 4 is 0 Å². The van der Waals surface area contributed by atoms with Crippen LogP contribution >= 0.6 is 0 Å². The van der Waals surface area contributed by atoms with Crippen LogP contribution in [-0.4, -0.2) is 38.1 Å². The predicted molar refractivity (Wildman–Crippen MR) is 69.6 cm³/mol. The average Bonchev–Trinajstić information content (AvgIpc) is 2.30. The Kier molecular flexibility index (Phi) is 4.66. The van der Waals surface area contributed by atoms with Crippen LogP contribution in [0.2, 0.25) is 0 Å². The minimum Gasteiger partial charge on any atom is -0.317 e. The minimum absolute atomic E-state index is 0.943. The second kappa shape index (κ2) is 6.02. The number of piperidine rings is 2. The lowest BCUT2D eigenvalue weighted by Crippen LogP contribution is -2.35. The molecule has 0 amide bonds. The van der Waals surface area contributed by atoms with Crippen LogP contribution in [0, 0.1) is 17.8 Å². The molecule has 0 radical (unpaired) electrons. The Morgan fingerprint density at radius 3 is 2.69 bits per heavy atom. The third-order valence-corrected chi connectivity index (χ3v) is 4.62. The number of hydrogen-bond donors (Lipinski definition) is 1. The highest BCUT2D eigenvalue weighted by molar-refractivity contribution is 4.78. The van der Waals surface area contributed by atoms with Crippen LogP contribution in [0.5, 0.6) is 0 Å². The molecule has 1 N–H and O–H groups in total. The Bertz CT molecular complexity index is 199. The van der Waals surface area contributed by atoms with Crippen molar-refractivity contribution in [3.63, 3.8) is 0 Å². The molecular formula is C14H28N2. The van der Waals surface area contributed by atoms with Gasteiger partial charge in [0.05, 0.1) is 0 Å². The maximum atomic E-state index is 3.47. The topological polar surface area (TPSA) is 15.3 Å². The zero-order valence-electron chi connectivity index (χ0n) is 11.0. The van der Waals surface area contributed by atoms with Crippen molar-refractivity contribution in [2.75, 3.05) is 33.2 Å². The Balaban J connectivity index is 1.74. The third kappa shape index (κ3) is 3.46. The number of nitrogens with zero attached hydrogens (tertiary/aromatic N) is 1. The minimum atomic E-state index is 0.943. The molecular weight excluding hydrogens is 196 g/mol. The first-order chi connectivity index (χ1) is 7.75. The molecule has 2 nitrogen and oxygen atoms in total. The molecule has 0 spiro atoms. The standard InChI is InChI=1S/C14H28N2/c1-12(14-5-7-15-8-6-14)10-13-4-3-9-16(2)11-13/h12-15H,3-11H2,1-2H3. The molecule has 0 bridgehead atoms. The molecule has 2 saturated heterocycles. The number of rotatable bonds is 3. The maximum absolute atomic E-state index is 3.47. The van der Waals surface area contributed by atoms with Gasteiger partial charge >= 0.3 is 0 Å². The van der Waals surface area contributed by atoms with Crippen molar-refractivity contribution in [1.29, 1.82) is 0 Å². The van der Waals surface area contributed by atoms with E-state index in [0.717, 1.165) is 17.8 Å². The van der Waals surface area contributed by atoms with E-state index >= 15 is 0 Å². The fraction of sp³-hybridized carbons (Fsp3) is 1.00. The van der Waals surface area contributed by atoms with Gasteiger partial charge in [0.1, 0.15) is 0 Å². The summed E-state index contributed by atoms with van der Waals surface area (Å²) in [6, 6.07) is 0. The summed E-state index contributed by atoms with van der Waals surface area (Å²) in [6.07, 6.45) is 7.17. The second-order valence-corrected chi connectivity index (χ2v) is 6.07. The number of likely N-dealkylation sites (tertiary alicyclic amines) is 1. The van der Waals surface area contributed by atoms with Crippen LogP contribution in [-0.2, 0) is 0 Å². The normalized spacial score (nSPS) is 31.5. The largest absolute Gasteiger partial charge is 0.317 e. The molecule has 0 aromatic rings. The Morgan fingerprint density at radius 2 is 2.00 bits per heavy atom. The summed E-state index contributed by atoms with van der Waals surface area (Å²) in [7, 11) is 2.28. The fourth-order valence-corrected chi connectivity index (χ4v) is 3.60. The highest BCUT2D eigenvalue weighted by atomic mass is 15.1. The summed E-state index contributed by atoms with van der Waals surface area (Å²) in [6.45, 7) is 7.65. The van der Waals surface area contributed by atoms with E-state index in [0.29, 0.717) is 0 Å². The van der Waals surface area contributed by atoms with Crippen LogP contribution < -0.4 is 5.32 Å². The van der Waals surface area contributed by atoms with Crippen molar-refractivity contribution in [2.24, 2.45) is 17.8 Å². The summed E-state index contributed by atoms with van der Waals surface area (Å²) < 4.78 is 0. The Hall–Kier alpha value is -0.0800.